The van der Waals surface area contributed by atoms with Crippen molar-refractivity contribution in [1.82, 2.24) is 15.0 Å². The van der Waals surface area contributed by atoms with Crippen LogP contribution >= 0.6 is 23.2 Å². The van der Waals surface area contributed by atoms with Gasteiger partial charge in [0.2, 0.25) is 0 Å². The van der Waals surface area contributed by atoms with Crippen LogP contribution in [-0.4, -0.2) is 28.0 Å². The van der Waals surface area contributed by atoms with Crippen LogP contribution in [0.2, 0.25) is 10.2 Å². The molecule has 4 nitrogen and oxygen atoms in total. The lowest BCUT2D eigenvalue weighted by Gasteiger charge is -2.31. The topological polar surface area (TPSA) is 41.9 Å². The van der Waals surface area contributed by atoms with Gasteiger partial charge in [-0.05, 0) is 6.07 Å². The summed E-state index contributed by atoms with van der Waals surface area (Å²) in [4.78, 5) is 14.8. The minimum Gasteiger partial charge on any atom is -0.353 e. The van der Waals surface area contributed by atoms with Crippen LogP contribution < -0.4 is 4.90 Å². The molecule has 16 heavy (non-hydrogen) atoms. The molecule has 0 N–H and O–H groups in total. The van der Waals surface area contributed by atoms with Gasteiger partial charge in [-0.15, -0.1) is 0 Å². The van der Waals surface area contributed by atoms with E-state index in [4.69, 9.17) is 23.2 Å². The smallest absolute Gasteiger partial charge is 0.180 e. The van der Waals surface area contributed by atoms with E-state index in [2.05, 4.69) is 21.4 Å². The molecule has 1 aliphatic rings. The first-order chi connectivity index (χ1) is 7.74. The van der Waals surface area contributed by atoms with Gasteiger partial charge in [-0.25, -0.2) is 15.0 Å². The van der Waals surface area contributed by atoms with Crippen LogP contribution in [0.3, 0.4) is 0 Å². The highest BCUT2D eigenvalue weighted by molar-refractivity contribution is 6.32. The van der Waals surface area contributed by atoms with E-state index in [1.165, 1.54) is 0 Å². The van der Waals surface area contributed by atoms with Gasteiger partial charge in [-0.3, -0.25) is 0 Å². The van der Waals surface area contributed by atoms with Crippen LogP contribution in [0.4, 0.5) is 5.82 Å². The summed E-state index contributed by atoms with van der Waals surface area (Å²) in [6.45, 7) is 1.71. The van der Waals surface area contributed by atoms with Crippen LogP contribution in [-0.2, 0) is 0 Å². The molecule has 1 saturated heterocycles. The Labute approximate surface area is 102 Å². The first-order valence-electron chi connectivity index (χ1n) is 4.79. The maximum Gasteiger partial charge on any atom is 0.180 e. The Balaban J connectivity index is 2.17. The largest absolute Gasteiger partial charge is 0.353 e. The maximum absolute atomic E-state index is 6.06. The second-order valence-electron chi connectivity index (χ2n) is 3.53. The van der Waals surface area contributed by atoms with Gasteiger partial charge >= 0.3 is 0 Å². The van der Waals surface area contributed by atoms with Crippen molar-refractivity contribution in [2.24, 2.45) is 0 Å². The predicted octanol–water partition coefficient (Wildman–Crippen LogP) is 2.36. The van der Waals surface area contributed by atoms with Crippen molar-refractivity contribution in [3.8, 4) is 0 Å². The average Bonchev–Trinajstić information content (AvgIpc) is 2.16. The molecule has 0 atom stereocenters. The SMILES string of the molecule is Clc1cnc2nc(N3C[CH]C3)c(Cl)nc2c1. The Bertz CT molecular complexity index is 554. The normalized spacial score (nSPS) is 15.2. The van der Waals surface area contributed by atoms with E-state index in [0.717, 1.165) is 13.1 Å². The predicted molar refractivity (Wildman–Crippen MR) is 63.9 cm³/mol. The highest BCUT2D eigenvalue weighted by Crippen LogP contribution is 2.27. The van der Waals surface area contributed by atoms with Gasteiger partial charge in [-0.1, -0.05) is 23.2 Å². The number of hydrogen-bond donors (Lipinski definition) is 0. The molecule has 0 saturated carbocycles. The quantitative estimate of drug-likeness (QED) is 0.783. The third-order valence-electron chi connectivity index (χ3n) is 2.43. The monoisotopic (exact) mass is 253 g/mol. The molecule has 0 unspecified atom stereocenters. The van der Waals surface area contributed by atoms with Crippen LogP contribution in [0.15, 0.2) is 12.3 Å². The summed E-state index contributed by atoms with van der Waals surface area (Å²) in [5.41, 5.74) is 1.18. The Hall–Kier alpha value is -1.13. The summed E-state index contributed by atoms with van der Waals surface area (Å²) < 4.78 is 0. The zero-order chi connectivity index (χ0) is 11.1. The molecule has 81 valence electrons. The van der Waals surface area contributed by atoms with E-state index in [-0.39, 0.29) is 0 Å². The fourth-order valence-electron chi connectivity index (χ4n) is 1.52. The highest BCUT2D eigenvalue weighted by atomic mass is 35.5. The first-order valence-corrected chi connectivity index (χ1v) is 5.55. The molecule has 2 aromatic rings. The van der Waals surface area contributed by atoms with E-state index in [9.17, 15) is 0 Å². The maximum atomic E-state index is 6.06. The highest BCUT2D eigenvalue weighted by Gasteiger charge is 2.20. The number of anilines is 1. The summed E-state index contributed by atoms with van der Waals surface area (Å²) in [5.74, 6) is 0.687. The lowest BCUT2D eigenvalue weighted by molar-refractivity contribution is 0.748. The van der Waals surface area contributed by atoms with Crippen molar-refractivity contribution in [1.29, 1.82) is 0 Å². The number of hydrogen-bond acceptors (Lipinski definition) is 4. The van der Waals surface area contributed by atoms with Crippen molar-refractivity contribution >= 4 is 40.2 Å². The molecule has 0 spiro atoms. The zero-order valence-electron chi connectivity index (χ0n) is 8.19. The van der Waals surface area contributed by atoms with E-state index in [1.54, 1.807) is 12.3 Å². The number of aromatic nitrogens is 3. The molecular formula is C10H7Cl2N4. The molecule has 0 bridgehead atoms. The number of halogens is 2. The minimum atomic E-state index is 0.393. The average molecular weight is 254 g/mol. The van der Waals surface area contributed by atoms with Crippen molar-refractivity contribution in [2.75, 3.05) is 18.0 Å². The van der Waals surface area contributed by atoms with Gasteiger partial charge in [-0.2, -0.15) is 0 Å². The summed E-state index contributed by atoms with van der Waals surface area (Å²) in [7, 11) is 0. The molecular weight excluding hydrogens is 247 g/mol. The van der Waals surface area contributed by atoms with E-state index in [1.807, 2.05) is 4.90 Å². The Morgan fingerprint density at radius 2 is 2.00 bits per heavy atom. The summed E-state index contributed by atoms with van der Waals surface area (Å²) in [5, 5.41) is 0.924. The van der Waals surface area contributed by atoms with E-state index >= 15 is 0 Å². The summed E-state index contributed by atoms with van der Waals surface area (Å²) >= 11 is 11.9. The molecule has 6 heteroatoms. The fraction of sp³-hybridized carbons (Fsp3) is 0.200. The first kappa shape index (κ1) is 10.1. The van der Waals surface area contributed by atoms with Crippen molar-refractivity contribution in [2.45, 2.75) is 0 Å². The lowest BCUT2D eigenvalue weighted by Crippen LogP contribution is -2.38. The summed E-state index contributed by atoms with van der Waals surface area (Å²) in [6, 6.07) is 1.70. The Morgan fingerprint density at radius 1 is 1.19 bits per heavy atom. The number of pyridine rings is 1. The Kier molecular flexibility index (Phi) is 2.33. The second kappa shape index (κ2) is 3.71. The third-order valence-corrected chi connectivity index (χ3v) is 2.89. The number of rotatable bonds is 1. The van der Waals surface area contributed by atoms with Gasteiger partial charge in [0.1, 0.15) is 5.52 Å². The van der Waals surface area contributed by atoms with Crippen molar-refractivity contribution in [3.63, 3.8) is 0 Å². The zero-order valence-corrected chi connectivity index (χ0v) is 9.70. The molecule has 2 aromatic heterocycles. The molecule has 3 rings (SSSR count). The minimum absolute atomic E-state index is 0.393. The molecule has 0 aromatic carbocycles. The second-order valence-corrected chi connectivity index (χ2v) is 4.32. The summed E-state index contributed by atoms with van der Waals surface area (Å²) in [6.07, 6.45) is 3.69. The van der Waals surface area contributed by atoms with Gasteiger partial charge in [0.25, 0.3) is 0 Å². The van der Waals surface area contributed by atoms with E-state index in [0.29, 0.717) is 27.2 Å². The van der Waals surface area contributed by atoms with Crippen LogP contribution in [0.5, 0.6) is 0 Å². The van der Waals surface area contributed by atoms with Crippen molar-refractivity contribution < 1.29 is 0 Å². The van der Waals surface area contributed by atoms with Gasteiger partial charge in [0, 0.05) is 25.7 Å². The third kappa shape index (κ3) is 1.58. The Morgan fingerprint density at radius 3 is 2.69 bits per heavy atom. The standard InChI is InChI=1S/C10H7Cl2N4/c11-6-4-7-9(13-5-6)15-10(8(12)14-7)16-2-1-3-16/h1,4-5H,2-3H2. The molecule has 1 fully saturated rings. The van der Waals surface area contributed by atoms with Gasteiger partial charge in [0.05, 0.1) is 5.02 Å². The fourth-order valence-corrected chi connectivity index (χ4v) is 1.93. The number of nitrogens with zero attached hydrogens (tertiary/aromatic N) is 4. The molecule has 0 amide bonds. The number of fused-ring (bicyclic) bond motifs is 1. The molecule has 1 aliphatic heterocycles. The molecule has 3 heterocycles. The molecule has 1 radical (unpaired) electrons. The van der Waals surface area contributed by atoms with Crippen LogP contribution in [0, 0.1) is 6.42 Å². The van der Waals surface area contributed by atoms with Gasteiger partial charge in [0.15, 0.2) is 16.6 Å². The molecule has 0 aliphatic carbocycles. The van der Waals surface area contributed by atoms with Crippen molar-refractivity contribution in [3.05, 3.63) is 28.9 Å². The van der Waals surface area contributed by atoms with Crippen LogP contribution in [0.1, 0.15) is 0 Å². The lowest BCUT2D eigenvalue weighted by atomic mass is 10.2. The van der Waals surface area contributed by atoms with E-state index < -0.39 is 0 Å². The van der Waals surface area contributed by atoms with Gasteiger partial charge < -0.3 is 4.90 Å². The van der Waals surface area contributed by atoms with Crippen LogP contribution in [0.25, 0.3) is 11.2 Å².